The lowest BCUT2D eigenvalue weighted by atomic mass is 10.00. The first kappa shape index (κ1) is 16.8. The number of nitrogens with one attached hydrogen (secondary N) is 1. The van der Waals surface area contributed by atoms with Crippen LogP contribution in [0.1, 0.15) is 15.9 Å². The van der Waals surface area contributed by atoms with Crippen molar-refractivity contribution in [1.82, 2.24) is 15.0 Å². The SMILES string of the molecule is Nc1ccc(F)c(C(=O)c2c[nH]c3ncc(-c4ccnc(F)c4)cc23)c1F. The number of nitrogens with zero attached hydrogens (tertiary/aromatic N) is 2. The maximum atomic E-state index is 14.2. The molecular formula is C19H11F3N4O. The molecule has 8 heteroatoms. The van der Waals surface area contributed by atoms with Gasteiger partial charge in [0.1, 0.15) is 11.5 Å². The smallest absolute Gasteiger partial charge is 0.213 e. The van der Waals surface area contributed by atoms with Gasteiger partial charge in [-0.25, -0.2) is 18.7 Å². The van der Waals surface area contributed by atoms with Crippen molar-refractivity contribution in [3.63, 3.8) is 0 Å². The molecule has 0 fully saturated rings. The van der Waals surface area contributed by atoms with Gasteiger partial charge in [0.25, 0.3) is 0 Å². The second-order valence-corrected chi connectivity index (χ2v) is 5.84. The van der Waals surface area contributed by atoms with Crippen LogP contribution in [0.5, 0.6) is 0 Å². The van der Waals surface area contributed by atoms with E-state index in [0.717, 1.165) is 12.1 Å². The van der Waals surface area contributed by atoms with Crippen LogP contribution in [-0.2, 0) is 0 Å². The predicted octanol–water partition coefficient (Wildman–Crippen LogP) is 3.86. The van der Waals surface area contributed by atoms with Crippen LogP contribution in [0.15, 0.2) is 48.9 Å². The van der Waals surface area contributed by atoms with Crippen molar-refractivity contribution < 1.29 is 18.0 Å². The first-order chi connectivity index (χ1) is 13.0. The van der Waals surface area contributed by atoms with E-state index in [4.69, 9.17) is 5.73 Å². The number of rotatable bonds is 3. The lowest BCUT2D eigenvalue weighted by Gasteiger charge is -2.06. The molecule has 3 N–H and O–H groups in total. The molecular weight excluding hydrogens is 357 g/mol. The molecule has 5 nitrogen and oxygen atoms in total. The third kappa shape index (κ3) is 2.80. The number of pyridine rings is 2. The maximum absolute atomic E-state index is 14.2. The highest BCUT2D eigenvalue weighted by Crippen LogP contribution is 2.28. The zero-order valence-electron chi connectivity index (χ0n) is 13.6. The number of aromatic nitrogens is 3. The summed E-state index contributed by atoms with van der Waals surface area (Å²) in [5, 5.41) is 0.343. The number of carbonyl (C=O) groups excluding carboxylic acids is 1. The van der Waals surface area contributed by atoms with E-state index in [0.29, 0.717) is 22.2 Å². The van der Waals surface area contributed by atoms with E-state index < -0.39 is 28.9 Å². The predicted molar refractivity (Wildman–Crippen MR) is 93.5 cm³/mol. The zero-order valence-corrected chi connectivity index (χ0v) is 13.6. The number of halogens is 3. The van der Waals surface area contributed by atoms with E-state index in [-0.39, 0.29) is 11.3 Å². The quantitative estimate of drug-likeness (QED) is 0.327. The fraction of sp³-hybridized carbons (Fsp3) is 0. The van der Waals surface area contributed by atoms with Crippen LogP contribution in [0.2, 0.25) is 0 Å². The summed E-state index contributed by atoms with van der Waals surface area (Å²) >= 11 is 0. The average Bonchev–Trinajstić information content (AvgIpc) is 3.08. The number of hydrogen-bond acceptors (Lipinski definition) is 4. The van der Waals surface area contributed by atoms with E-state index in [9.17, 15) is 18.0 Å². The first-order valence-electron chi connectivity index (χ1n) is 7.83. The standard InChI is InChI=1S/C19H11F3N4O/c20-13-1-2-14(23)17(22)16(13)18(27)12-8-26-19-11(12)5-10(7-25-19)9-3-4-24-15(21)6-9/h1-8H,23H2,(H,25,26). The summed E-state index contributed by atoms with van der Waals surface area (Å²) in [6.45, 7) is 0. The van der Waals surface area contributed by atoms with Crippen molar-refractivity contribution in [2.45, 2.75) is 0 Å². The summed E-state index contributed by atoms with van der Waals surface area (Å²) in [4.78, 5) is 23.2. The topological polar surface area (TPSA) is 84.7 Å². The molecule has 1 aromatic carbocycles. The molecule has 3 heterocycles. The largest absolute Gasteiger partial charge is 0.396 e. The number of hydrogen-bond donors (Lipinski definition) is 2. The van der Waals surface area contributed by atoms with E-state index in [2.05, 4.69) is 15.0 Å². The molecule has 3 aromatic heterocycles. The molecule has 27 heavy (non-hydrogen) atoms. The summed E-state index contributed by atoms with van der Waals surface area (Å²) in [6.07, 6.45) is 4.11. The molecule has 0 aliphatic heterocycles. The second kappa shape index (κ2) is 6.24. The summed E-state index contributed by atoms with van der Waals surface area (Å²) in [7, 11) is 0. The summed E-state index contributed by atoms with van der Waals surface area (Å²) < 4.78 is 41.7. The number of nitrogens with two attached hydrogens (primary N) is 1. The van der Waals surface area contributed by atoms with Gasteiger partial charge in [0.05, 0.1) is 11.3 Å². The first-order valence-corrected chi connectivity index (χ1v) is 7.83. The number of carbonyl (C=O) groups is 1. The van der Waals surface area contributed by atoms with Crippen LogP contribution in [-0.4, -0.2) is 20.7 Å². The third-order valence-electron chi connectivity index (χ3n) is 4.18. The van der Waals surface area contributed by atoms with Crippen molar-refractivity contribution in [3.05, 3.63) is 77.6 Å². The molecule has 0 unspecified atom stereocenters. The molecule has 0 amide bonds. The molecule has 0 saturated heterocycles. The Labute approximate surface area is 150 Å². The van der Waals surface area contributed by atoms with E-state index in [1.807, 2.05) is 0 Å². The number of ketones is 1. The Morgan fingerprint density at radius 3 is 2.63 bits per heavy atom. The van der Waals surface area contributed by atoms with Crippen molar-refractivity contribution in [2.75, 3.05) is 5.73 Å². The molecule has 0 spiro atoms. The van der Waals surface area contributed by atoms with Crippen LogP contribution >= 0.6 is 0 Å². The van der Waals surface area contributed by atoms with Gasteiger partial charge in [-0.1, -0.05) is 0 Å². The van der Waals surface area contributed by atoms with Gasteiger partial charge in [-0.05, 0) is 29.8 Å². The molecule has 0 aliphatic carbocycles. The minimum atomic E-state index is -1.12. The molecule has 0 bridgehead atoms. The highest BCUT2D eigenvalue weighted by molar-refractivity contribution is 6.16. The van der Waals surface area contributed by atoms with Gasteiger partial charge in [-0.15, -0.1) is 0 Å². The molecule has 0 aliphatic rings. The molecule has 134 valence electrons. The minimum absolute atomic E-state index is 0.0253. The van der Waals surface area contributed by atoms with E-state index >= 15 is 0 Å². The number of aromatic amines is 1. The normalized spacial score (nSPS) is 11.1. The van der Waals surface area contributed by atoms with Gasteiger partial charge in [0.15, 0.2) is 5.82 Å². The molecule has 0 atom stereocenters. The lowest BCUT2D eigenvalue weighted by molar-refractivity contribution is 0.103. The molecule has 0 saturated carbocycles. The highest BCUT2D eigenvalue weighted by Gasteiger charge is 2.24. The Morgan fingerprint density at radius 2 is 1.85 bits per heavy atom. The monoisotopic (exact) mass is 368 g/mol. The number of anilines is 1. The summed E-state index contributed by atoms with van der Waals surface area (Å²) in [6, 6.07) is 6.37. The van der Waals surface area contributed by atoms with Crippen molar-refractivity contribution >= 4 is 22.5 Å². The van der Waals surface area contributed by atoms with E-state index in [1.54, 1.807) is 12.1 Å². The van der Waals surface area contributed by atoms with E-state index in [1.165, 1.54) is 24.7 Å². The Hall–Kier alpha value is -3.68. The number of nitrogen functional groups attached to an aromatic ring is 1. The van der Waals surface area contributed by atoms with Crippen LogP contribution in [0, 0.1) is 17.6 Å². The van der Waals surface area contributed by atoms with Gasteiger partial charge < -0.3 is 10.7 Å². The Bertz CT molecular complexity index is 1200. The van der Waals surface area contributed by atoms with Crippen molar-refractivity contribution in [2.24, 2.45) is 0 Å². The summed E-state index contributed by atoms with van der Waals surface area (Å²) in [5.74, 6) is -3.67. The highest BCUT2D eigenvalue weighted by atomic mass is 19.1. The lowest BCUT2D eigenvalue weighted by Crippen LogP contribution is -2.09. The van der Waals surface area contributed by atoms with Crippen molar-refractivity contribution in [3.8, 4) is 11.1 Å². The number of benzene rings is 1. The van der Waals surface area contributed by atoms with Crippen LogP contribution in [0.4, 0.5) is 18.9 Å². The van der Waals surface area contributed by atoms with Gasteiger partial charge in [0.2, 0.25) is 11.7 Å². The summed E-state index contributed by atoms with van der Waals surface area (Å²) in [5.41, 5.74) is 5.78. The van der Waals surface area contributed by atoms with Gasteiger partial charge in [-0.3, -0.25) is 4.79 Å². The van der Waals surface area contributed by atoms with Crippen LogP contribution in [0.3, 0.4) is 0 Å². The fourth-order valence-corrected chi connectivity index (χ4v) is 2.84. The third-order valence-corrected chi connectivity index (χ3v) is 4.18. The molecule has 0 radical (unpaired) electrons. The molecule has 4 rings (SSSR count). The minimum Gasteiger partial charge on any atom is -0.396 e. The fourth-order valence-electron chi connectivity index (χ4n) is 2.84. The second-order valence-electron chi connectivity index (χ2n) is 5.84. The maximum Gasteiger partial charge on any atom is 0.213 e. The zero-order chi connectivity index (χ0) is 19.1. The average molecular weight is 368 g/mol. The number of fused-ring (bicyclic) bond motifs is 1. The van der Waals surface area contributed by atoms with Crippen LogP contribution < -0.4 is 5.73 Å². The Kier molecular flexibility index (Phi) is 3.88. The van der Waals surface area contributed by atoms with Crippen molar-refractivity contribution in [1.29, 1.82) is 0 Å². The van der Waals surface area contributed by atoms with Gasteiger partial charge in [-0.2, -0.15) is 4.39 Å². The van der Waals surface area contributed by atoms with Crippen LogP contribution in [0.25, 0.3) is 22.2 Å². The van der Waals surface area contributed by atoms with Gasteiger partial charge in [0, 0.05) is 41.2 Å². The molecule has 4 aromatic rings. The number of H-pyrrole nitrogens is 1. The Balaban J connectivity index is 1.87. The Morgan fingerprint density at radius 1 is 1.04 bits per heavy atom. The van der Waals surface area contributed by atoms with Gasteiger partial charge >= 0.3 is 0 Å².